The van der Waals surface area contributed by atoms with E-state index in [9.17, 15) is 19.1 Å². The molecule has 4 heterocycles. The molecule has 1 unspecified atom stereocenters. The Morgan fingerprint density at radius 2 is 1.63 bits per heavy atom. The Morgan fingerprint density at radius 1 is 0.983 bits per heavy atom. The zero-order valence-corrected chi connectivity index (χ0v) is 36.7. The number of aromatic nitrogens is 3. The fourth-order valence-electron chi connectivity index (χ4n) is 8.25. The molecule has 0 amide bonds. The van der Waals surface area contributed by atoms with Gasteiger partial charge in [-0.3, -0.25) is 14.0 Å². The molecule has 3 N–H and O–H groups in total. The van der Waals surface area contributed by atoms with Gasteiger partial charge in [0.25, 0.3) is 0 Å². The minimum Gasteiger partial charge on any atom is -0.382 e. The second kappa shape index (κ2) is 23.2. The van der Waals surface area contributed by atoms with Gasteiger partial charge < -0.3 is 29.6 Å². The van der Waals surface area contributed by atoms with Gasteiger partial charge in [-0.2, -0.15) is 10.4 Å². The van der Waals surface area contributed by atoms with Gasteiger partial charge in [0, 0.05) is 0 Å². The largest absolute Gasteiger partial charge is 0.472 e. The number of nitriles is 1. The van der Waals surface area contributed by atoms with E-state index in [2.05, 4.69) is 28.7 Å². The Morgan fingerprint density at radius 3 is 2.27 bits per heavy atom. The van der Waals surface area contributed by atoms with Crippen LogP contribution in [0.1, 0.15) is 153 Å². The first-order chi connectivity index (χ1) is 28.9. The van der Waals surface area contributed by atoms with Crippen LogP contribution in [-0.4, -0.2) is 75.7 Å². The molecular formula is C44H66FN6O8P. The summed E-state index contributed by atoms with van der Waals surface area (Å²) in [7, 11) is -4.72. The van der Waals surface area contributed by atoms with Crippen LogP contribution in [0.5, 0.6) is 0 Å². The maximum Gasteiger partial charge on any atom is 0.472 e. The highest BCUT2D eigenvalue weighted by atomic mass is 31.2. The number of nitrogen functional groups attached to an aromatic ring is 1. The van der Waals surface area contributed by atoms with Gasteiger partial charge in [0.1, 0.15) is 41.6 Å². The van der Waals surface area contributed by atoms with E-state index in [1.807, 2.05) is 6.07 Å². The molecule has 0 saturated carbocycles. The van der Waals surface area contributed by atoms with Gasteiger partial charge in [0.2, 0.25) is 0 Å². The van der Waals surface area contributed by atoms with E-state index in [0.717, 1.165) is 31.7 Å². The Labute approximate surface area is 354 Å². The molecule has 2 fully saturated rings. The minimum atomic E-state index is -4.72. The second-order valence-electron chi connectivity index (χ2n) is 16.7. The predicted octanol–water partition coefficient (Wildman–Crippen LogP) is 9.72. The summed E-state index contributed by atoms with van der Waals surface area (Å²) in [5, 5.41) is 13.7. The zero-order valence-electron chi connectivity index (χ0n) is 35.8. The van der Waals surface area contributed by atoms with Gasteiger partial charge >= 0.3 is 7.82 Å². The number of benzene rings is 1. The van der Waals surface area contributed by atoms with Crippen LogP contribution in [0.4, 0.5) is 10.2 Å². The monoisotopic (exact) mass is 856 g/mol. The summed E-state index contributed by atoms with van der Waals surface area (Å²) >= 11 is 0. The number of halogens is 1. The van der Waals surface area contributed by atoms with Crippen molar-refractivity contribution in [2.75, 3.05) is 25.5 Å². The molecule has 2 aromatic heterocycles. The molecule has 60 heavy (non-hydrogen) atoms. The third-order valence-corrected chi connectivity index (χ3v) is 12.3. The molecule has 332 valence electrons. The Bertz CT molecular complexity index is 1890. The summed E-state index contributed by atoms with van der Waals surface area (Å²) in [6.07, 6.45) is 19.0. The molecule has 6 atom stereocenters. The topological polar surface area (TPSA) is 185 Å². The predicted molar refractivity (Wildman–Crippen MR) is 228 cm³/mol. The quantitative estimate of drug-likeness (QED) is 0.0383. The van der Waals surface area contributed by atoms with Crippen LogP contribution in [-0.2, 0) is 39.2 Å². The molecule has 0 radical (unpaired) electrons. The van der Waals surface area contributed by atoms with Crippen LogP contribution in [0.2, 0.25) is 0 Å². The standard InChI is InChI=1S/C44H66FN6O8P/c1-5-6-7-8-9-10-11-12-13-14-15-16-17-18-19-20-21-36(54-28-34-24-33(27-46)25-35(45)26-34)29-55-60(52,53)56-31-44(30-48-4)41-40(57-43(2,3)59-41)39(58-44)37-22-23-38-42(47)49-32-50-51(37)38/h22-26,32,36,39-41H,4-21,28-31H2,1-3H3,(H,52,53)(H2,47,49,50)/t36-,39+,40+,41+,44-/m1/s1. The normalized spacial score (nSPS) is 22.4. The zero-order chi connectivity index (χ0) is 43.0. The maximum absolute atomic E-state index is 14.2. The van der Waals surface area contributed by atoms with Gasteiger partial charge in [0.15, 0.2) is 11.6 Å². The van der Waals surface area contributed by atoms with Crippen LogP contribution in [0, 0.1) is 17.1 Å². The molecule has 3 aromatic rings. The summed E-state index contributed by atoms with van der Waals surface area (Å²) in [6, 6.07) is 9.55. The first-order valence-electron chi connectivity index (χ1n) is 21.9. The van der Waals surface area contributed by atoms with Gasteiger partial charge in [0.05, 0.1) is 49.8 Å². The molecule has 2 saturated heterocycles. The number of phosphoric ester groups is 1. The number of nitrogens with zero attached hydrogens (tertiary/aromatic N) is 5. The van der Waals surface area contributed by atoms with Crippen LogP contribution >= 0.6 is 7.82 Å². The molecular weight excluding hydrogens is 790 g/mol. The van der Waals surface area contributed by atoms with Crippen molar-refractivity contribution in [2.24, 2.45) is 4.99 Å². The summed E-state index contributed by atoms with van der Waals surface area (Å²) in [5.41, 5.74) is 6.54. The van der Waals surface area contributed by atoms with E-state index in [0.29, 0.717) is 23.2 Å². The van der Waals surface area contributed by atoms with Gasteiger partial charge in [-0.1, -0.05) is 110 Å². The smallest absolute Gasteiger partial charge is 0.382 e. The summed E-state index contributed by atoms with van der Waals surface area (Å²) in [4.78, 5) is 19.2. The number of nitrogens with two attached hydrogens (primary N) is 1. The number of hydrogen-bond donors (Lipinski definition) is 2. The number of hydrogen-bond acceptors (Lipinski definition) is 12. The van der Waals surface area contributed by atoms with E-state index in [1.165, 1.54) is 89.4 Å². The first-order valence-corrected chi connectivity index (χ1v) is 23.4. The summed E-state index contributed by atoms with van der Waals surface area (Å²) in [5.74, 6) is -1.27. The van der Waals surface area contributed by atoms with Crippen molar-refractivity contribution in [1.29, 1.82) is 5.26 Å². The van der Waals surface area contributed by atoms with E-state index >= 15 is 0 Å². The van der Waals surface area contributed by atoms with Crippen LogP contribution < -0.4 is 5.73 Å². The van der Waals surface area contributed by atoms with E-state index in [-0.39, 0.29) is 31.1 Å². The molecule has 16 heteroatoms. The molecule has 5 rings (SSSR count). The Hall–Kier alpha value is -3.32. The van der Waals surface area contributed by atoms with Crippen LogP contribution in [0.25, 0.3) is 5.52 Å². The maximum atomic E-state index is 14.2. The molecule has 2 aliphatic heterocycles. The summed E-state index contributed by atoms with van der Waals surface area (Å²) < 4.78 is 66.0. The number of aliphatic imine (C=N–C) groups is 1. The molecule has 1 aromatic carbocycles. The molecule has 0 bridgehead atoms. The fourth-order valence-corrected chi connectivity index (χ4v) is 9.06. The number of ether oxygens (including phenoxy) is 4. The second-order valence-corrected chi connectivity index (χ2v) is 18.2. The van der Waals surface area contributed by atoms with Gasteiger partial charge in [-0.15, -0.1) is 0 Å². The highest BCUT2D eigenvalue weighted by Crippen LogP contribution is 2.53. The highest BCUT2D eigenvalue weighted by Gasteiger charge is 2.64. The van der Waals surface area contributed by atoms with Crippen molar-refractivity contribution < 1.29 is 41.8 Å². The third-order valence-electron chi connectivity index (χ3n) is 11.3. The lowest BCUT2D eigenvalue weighted by atomic mass is 9.95. The number of rotatable bonds is 29. The van der Waals surface area contributed by atoms with Crippen molar-refractivity contribution in [3.05, 3.63) is 59.3 Å². The lowest BCUT2D eigenvalue weighted by Gasteiger charge is -2.33. The van der Waals surface area contributed by atoms with Crippen molar-refractivity contribution >= 4 is 25.9 Å². The average Bonchev–Trinajstić information content (AvgIpc) is 3.88. The van der Waals surface area contributed by atoms with Crippen LogP contribution in [0.15, 0.2) is 41.7 Å². The average molecular weight is 857 g/mol. The van der Waals surface area contributed by atoms with Crippen molar-refractivity contribution in [2.45, 2.75) is 172 Å². The number of unbranched alkanes of at least 4 members (excludes halogenated alkanes) is 15. The first kappa shape index (κ1) is 47.7. The molecule has 14 nitrogen and oxygen atoms in total. The van der Waals surface area contributed by atoms with Crippen molar-refractivity contribution in [3.63, 3.8) is 0 Å². The number of phosphoric acid groups is 1. The SMILES string of the molecule is C=NC[C@]1(COP(=O)(O)OC[C@@H](CCCCCCCCCCCCCCCCCC)OCc2cc(F)cc(C#N)c2)O[C@@H](c2ccc3c(N)ncnn23)[C@@H]2OC(C)(C)O[C@@H]21. The Kier molecular flexibility index (Phi) is 18.5. The lowest BCUT2D eigenvalue weighted by Crippen LogP contribution is -2.49. The highest BCUT2D eigenvalue weighted by molar-refractivity contribution is 7.47. The minimum absolute atomic E-state index is 0.0135. The van der Waals surface area contributed by atoms with Gasteiger partial charge in [-0.05, 0) is 62.9 Å². The Balaban J connectivity index is 1.13. The van der Waals surface area contributed by atoms with E-state index in [4.69, 9.17) is 33.7 Å². The fraction of sp³-hybridized carbons (Fsp3) is 0.682. The van der Waals surface area contributed by atoms with E-state index in [1.54, 1.807) is 36.6 Å². The lowest BCUT2D eigenvalue weighted by molar-refractivity contribution is -0.214. The van der Waals surface area contributed by atoms with Crippen molar-refractivity contribution in [3.8, 4) is 6.07 Å². The third kappa shape index (κ3) is 13.8. The molecule has 0 aliphatic carbocycles. The van der Waals surface area contributed by atoms with Crippen molar-refractivity contribution in [1.82, 2.24) is 14.6 Å². The van der Waals surface area contributed by atoms with Crippen LogP contribution in [0.3, 0.4) is 0 Å². The molecule has 2 aliphatic rings. The number of fused-ring (bicyclic) bond motifs is 2. The molecule has 0 spiro atoms. The van der Waals surface area contributed by atoms with E-state index < -0.39 is 56.1 Å². The van der Waals surface area contributed by atoms with Gasteiger partial charge in [-0.25, -0.2) is 18.5 Å². The summed E-state index contributed by atoms with van der Waals surface area (Å²) in [6.45, 7) is 8.71. The number of anilines is 1.